The Kier molecular flexibility index (Phi) is 31.2. The monoisotopic (exact) mass is 1140 g/mol. The number of hydrogen-bond acceptors (Lipinski definition) is 14. The molecule has 0 aromatic heterocycles. The topological polar surface area (TPSA) is 236 Å². The van der Waals surface area contributed by atoms with E-state index >= 15 is 0 Å². The zero-order chi connectivity index (χ0) is 60.4. The minimum absolute atomic E-state index is 0.0140. The van der Waals surface area contributed by atoms with E-state index in [-0.39, 0.29) is 60.1 Å². The highest BCUT2D eigenvalue weighted by Gasteiger charge is 2.45. The van der Waals surface area contributed by atoms with Crippen molar-refractivity contribution < 1.29 is 62.0 Å². The van der Waals surface area contributed by atoms with Gasteiger partial charge in [0.25, 0.3) is 0 Å². The second-order valence-electron chi connectivity index (χ2n) is 23.7. The summed E-state index contributed by atoms with van der Waals surface area (Å²) in [6.07, 6.45) is 2.58. The van der Waals surface area contributed by atoms with Crippen LogP contribution in [0.5, 0.6) is 0 Å². The number of ether oxygens (including phenoxy) is 6. The maximum absolute atomic E-state index is 14.6. The van der Waals surface area contributed by atoms with Gasteiger partial charge in [0.1, 0.15) is 23.7 Å². The molecule has 1 aromatic rings. The Bertz CT molecular complexity index is 2070. The summed E-state index contributed by atoms with van der Waals surface area (Å²) in [5, 5.41) is 11.8. The van der Waals surface area contributed by atoms with Crippen molar-refractivity contribution in [2.75, 3.05) is 101 Å². The normalized spacial score (nSPS) is 18.6. The number of likely N-dealkylation sites (N-methyl/N-ethyl adjacent to an activating group) is 2. The number of carbonyl (C=O) groups is 7. The predicted octanol–water partition coefficient (Wildman–Crippen LogP) is 4.82. The van der Waals surface area contributed by atoms with Crippen molar-refractivity contribution in [3.63, 3.8) is 0 Å². The summed E-state index contributed by atoms with van der Waals surface area (Å²) in [6, 6.07) is 5.52. The van der Waals surface area contributed by atoms with Crippen LogP contribution in [0.1, 0.15) is 126 Å². The van der Waals surface area contributed by atoms with Crippen molar-refractivity contribution >= 4 is 41.5 Å². The van der Waals surface area contributed by atoms with Gasteiger partial charge in [-0.15, -0.1) is 0 Å². The lowest BCUT2D eigenvalue weighted by Crippen LogP contribution is -2.59. The van der Waals surface area contributed by atoms with Gasteiger partial charge in [-0.3, -0.25) is 33.7 Å². The molecule has 81 heavy (non-hydrogen) atoms. The third-order valence-electron chi connectivity index (χ3n) is 15.3. The van der Waals surface area contributed by atoms with Crippen LogP contribution < -0.4 is 21.3 Å². The van der Waals surface area contributed by atoms with Gasteiger partial charge >= 0.3 is 6.09 Å². The summed E-state index contributed by atoms with van der Waals surface area (Å²) < 4.78 is 34.2. The van der Waals surface area contributed by atoms with Gasteiger partial charge in [0, 0.05) is 67.1 Å². The fourth-order valence-corrected chi connectivity index (χ4v) is 11.0. The highest BCUT2D eigenvalue weighted by molar-refractivity contribution is 5.93. The van der Waals surface area contributed by atoms with E-state index < -0.39 is 72.0 Å². The molecule has 2 fully saturated rings. The van der Waals surface area contributed by atoms with E-state index in [1.54, 1.807) is 35.8 Å². The first-order valence-electron chi connectivity index (χ1n) is 29.6. The van der Waals surface area contributed by atoms with E-state index in [2.05, 4.69) is 21.3 Å². The third kappa shape index (κ3) is 23.0. The first kappa shape index (κ1) is 70.3. The molecule has 462 valence electrons. The molecular formula is C60H104N8O13. The van der Waals surface area contributed by atoms with Crippen molar-refractivity contribution in [1.82, 2.24) is 40.9 Å². The fraction of sp³-hybridized carbons (Fsp3) is 0.783. The van der Waals surface area contributed by atoms with Crippen LogP contribution in [-0.4, -0.2) is 216 Å². The number of hydrogen-bond donors (Lipinski definition) is 4. The molecule has 7 unspecified atom stereocenters. The zero-order valence-corrected chi connectivity index (χ0v) is 51.8. The molecular weight excluding hydrogens is 1040 g/mol. The Morgan fingerprint density at radius 3 is 1.84 bits per heavy atom. The molecule has 2 aliphatic heterocycles. The van der Waals surface area contributed by atoms with Crippen molar-refractivity contribution in [2.45, 2.75) is 181 Å². The predicted molar refractivity (Wildman–Crippen MR) is 311 cm³/mol. The van der Waals surface area contributed by atoms with E-state index in [4.69, 9.17) is 28.4 Å². The molecule has 4 N–H and O–H groups in total. The molecule has 21 heteroatoms. The highest BCUT2D eigenvalue weighted by atomic mass is 16.6. The number of benzene rings is 1. The fourth-order valence-electron chi connectivity index (χ4n) is 11.0. The molecule has 0 spiro atoms. The number of amides is 7. The van der Waals surface area contributed by atoms with E-state index in [1.165, 1.54) is 7.11 Å². The van der Waals surface area contributed by atoms with Gasteiger partial charge in [0.15, 0.2) is 0 Å². The number of nitrogens with zero attached hydrogens (tertiary/aromatic N) is 4. The van der Waals surface area contributed by atoms with Gasteiger partial charge in [0.2, 0.25) is 35.4 Å². The Morgan fingerprint density at radius 1 is 0.716 bits per heavy atom. The summed E-state index contributed by atoms with van der Waals surface area (Å²) in [5.41, 5.74) is 0.295. The van der Waals surface area contributed by atoms with Gasteiger partial charge in [0.05, 0.1) is 69.1 Å². The lowest BCUT2D eigenvalue weighted by Gasteiger charge is -2.41. The first-order valence-corrected chi connectivity index (χ1v) is 29.6. The molecule has 10 atom stereocenters. The van der Waals surface area contributed by atoms with E-state index in [0.717, 1.165) is 5.56 Å². The molecule has 1 aromatic carbocycles. The maximum Gasteiger partial charge on any atom is 0.407 e. The Hall–Kier alpha value is -4.93. The van der Waals surface area contributed by atoms with Crippen molar-refractivity contribution in [3.05, 3.63) is 35.9 Å². The number of alkyl carbamates (subject to hydrolysis) is 1. The molecule has 0 radical (unpaired) electrons. The van der Waals surface area contributed by atoms with Crippen LogP contribution in [0.3, 0.4) is 0 Å². The number of rotatable bonds is 36. The van der Waals surface area contributed by atoms with Crippen LogP contribution in [0.25, 0.3) is 0 Å². The second kappa shape index (κ2) is 35.9. The maximum atomic E-state index is 14.6. The molecule has 21 nitrogen and oxygen atoms in total. The van der Waals surface area contributed by atoms with Crippen molar-refractivity contribution in [1.29, 1.82) is 0 Å². The molecule has 0 bridgehead atoms. The van der Waals surface area contributed by atoms with E-state index in [1.807, 2.05) is 112 Å². The van der Waals surface area contributed by atoms with E-state index in [9.17, 15) is 33.6 Å². The minimum atomic E-state index is -0.988. The molecule has 2 aliphatic rings. The first-order chi connectivity index (χ1) is 38.4. The summed E-state index contributed by atoms with van der Waals surface area (Å²) in [7, 11) is 8.49. The van der Waals surface area contributed by atoms with Crippen molar-refractivity contribution in [3.8, 4) is 0 Å². The zero-order valence-electron chi connectivity index (χ0n) is 51.8. The van der Waals surface area contributed by atoms with Gasteiger partial charge in [-0.2, -0.15) is 0 Å². The number of methoxy groups -OCH3 is 2. The molecule has 3 rings (SSSR count). The molecule has 7 amide bonds. The third-order valence-corrected chi connectivity index (χ3v) is 15.3. The summed E-state index contributed by atoms with van der Waals surface area (Å²) in [5.74, 6) is -2.79. The smallest absolute Gasteiger partial charge is 0.407 e. The minimum Gasteiger partial charge on any atom is -0.444 e. The van der Waals surface area contributed by atoms with Crippen LogP contribution >= 0.6 is 0 Å². The molecule has 0 saturated carbocycles. The summed E-state index contributed by atoms with van der Waals surface area (Å²) in [6.45, 7) is 23.1. The van der Waals surface area contributed by atoms with Crippen molar-refractivity contribution in [2.24, 2.45) is 23.7 Å². The Morgan fingerprint density at radius 2 is 1.30 bits per heavy atom. The number of carbonyl (C=O) groups excluding carboxylic acids is 7. The van der Waals surface area contributed by atoms with E-state index in [0.29, 0.717) is 111 Å². The Balaban J connectivity index is 1.61. The summed E-state index contributed by atoms with van der Waals surface area (Å²) in [4.78, 5) is 104. The standard InChI is InChI=1S/C60H104N8O13/c1-16-42(6)52(66(13)58(74)50(40(2)3)64-56(72)51(41(4)5)65(11)12)48(76-14)39-49(69)67-30-20-26-46(67)53(77-15)43(7)54(70)63-45(38-44-24-18-17-19-25-44)57(73)68-31-21-27-47(68)55(71)61-28-22-32-78-34-36-80-37-35-79-33-23-29-62-59(75)81-60(8,9)10/h17-19,24-25,40-43,45-48,50-53H,16,20-23,26-39H2,1-15H3,(H,61,71)(H,62,75)(H,63,70)(H,64,72)/t42?,43?,45-,46?,47+,48?,50-,51?,52?,53?/m0/s1. The van der Waals surface area contributed by atoms with Gasteiger partial charge < -0.3 is 64.4 Å². The number of nitrogens with one attached hydrogen (secondary N) is 4. The van der Waals surface area contributed by atoms with Gasteiger partial charge in [-0.1, -0.05) is 85.2 Å². The Labute approximate surface area is 484 Å². The van der Waals surface area contributed by atoms with Gasteiger partial charge in [-0.25, -0.2) is 4.79 Å². The van der Waals surface area contributed by atoms with Crippen LogP contribution in [-0.2, 0) is 63.6 Å². The second-order valence-corrected chi connectivity index (χ2v) is 23.7. The van der Waals surface area contributed by atoms with Crippen LogP contribution in [0.4, 0.5) is 4.79 Å². The molecule has 0 aliphatic carbocycles. The highest BCUT2D eigenvalue weighted by Crippen LogP contribution is 2.30. The quantitative estimate of drug-likeness (QED) is 0.0660. The average molecular weight is 1150 g/mol. The average Bonchev–Trinajstić information content (AvgIpc) is 4.11. The largest absolute Gasteiger partial charge is 0.444 e. The lowest BCUT2D eigenvalue weighted by atomic mass is 9.89. The van der Waals surface area contributed by atoms with Crippen LogP contribution in [0.2, 0.25) is 0 Å². The SMILES string of the molecule is CCC(C)C(C(CC(=O)N1CCCC1C(OC)C(C)C(=O)N[C@@H](Cc1ccccc1)C(=O)N1CCC[C@@H]1C(=O)NCCCOCCOCCOCCCNC(=O)OC(C)(C)C)OC)N(C)C(=O)[C@@H](NC(=O)C(C(C)C)N(C)C)C(C)C. The lowest BCUT2D eigenvalue weighted by molar-refractivity contribution is -0.148. The number of likely N-dealkylation sites (tertiary alicyclic amines) is 2. The summed E-state index contributed by atoms with van der Waals surface area (Å²) >= 11 is 0. The van der Waals surface area contributed by atoms with Crippen LogP contribution in [0, 0.1) is 23.7 Å². The van der Waals surface area contributed by atoms with Gasteiger partial charge in [-0.05, 0) is 96.7 Å². The van der Waals surface area contributed by atoms with Crippen LogP contribution in [0.15, 0.2) is 30.3 Å². The molecule has 2 heterocycles. The molecule has 2 saturated heterocycles.